The molecule has 0 heterocycles. The molecule has 14 heteroatoms. The van der Waals surface area contributed by atoms with E-state index in [0.29, 0.717) is 0 Å². The lowest BCUT2D eigenvalue weighted by atomic mass is 10.1. The van der Waals surface area contributed by atoms with Crippen molar-refractivity contribution in [1.82, 2.24) is 16.0 Å². The number of carbonyl (C=O) groups excluding carboxylic acids is 3. The molecule has 4 amide bonds. The third-order valence-corrected chi connectivity index (χ3v) is 4.92. The highest BCUT2D eigenvalue weighted by atomic mass is 35.5. The molecule has 0 saturated carbocycles. The number of nitrogens with one attached hydrogen (secondary N) is 3. The Kier molecular flexibility index (Phi) is 8.71. The molecule has 0 bridgehead atoms. The van der Waals surface area contributed by atoms with E-state index in [0.717, 1.165) is 24.3 Å². The van der Waals surface area contributed by atoms with Crippen molar-refractivity contribution in [2.75, 3.05) is 6.54 Å². The molecule has 182 valence electrons. The number of rotatable bonds is 8. The lowest BCUT2D eigenvalue weighted by Crippen LogP contribution is -2.49. The first-order valence-corrected chi connectivity index (χ1v) is 10.1. The second-order valence-electron chi connectivity index (χ2n) is 6.81. The van der Waals surface area contributed by atoms with Gasteiger partial charge in [-0.2, -0.15) is 13.2 Å². The smallest absolute Gasteiger partial charge is 0.416 e. The summed E-state index contributed by atoms with van der Waals surface area (Å²) >= 11 is 12.1. The number of carboxylic acids is 1. The summed E-state index contributed by atoms with van der Waals surface area (Å²) in [6.45, 7) is -0.741. The Labute approximate surface area is 200 Å². The molecule has 1 atom stereocenters. The molecule has 9 nitrogen and oxygen atoms in total. The lowest BCUT2D eigenvalue weighted by Gasteiger charge is -2.16. The standard InChI is InChI=1S/C20H17Cl2F3N4O5/c21-12-5-10(16(30)27-7-9-2-1-3-11(4-9)20(23,24)25)6-13(22)15(12)17(31)29-14(18(32)33)8-28-19(26)34/h1-6,14H,7-8H2,(H,27,30)(H,29,31)(H,32,33)(H3,26,28,34)/t14-/m0/s1. The molecule has 0 aliphatic heterocycles. The minimum atomic E-state index is -4.53. The van der Waals surface area contributed by atoms with Crippen molar-refractivity contribution in [3.05, 3.63) is 68.7 Å². The number of benzene rings is 2. The van der Waals surface area contributed by atoms with Gasteiger partial charge >= 0.3 is 18.2 Å². The summed E-state index contributed by atoms with van der Waals surface area (Å²) < 4.78 is 38.5. The molecule has 2 aromatic rings. The third-order valence-electron chi connectivity index (χ3n) is 4.32. The first-order valence-electron chi connectivity index (χ1n) is 9.30. The van der Waals surface area contributed by atoms with Crippen LogP contribution in [0.3, 0.4) is 0 Å². The predicted molar refractivity (Wildman–Crippen MR) is 116 cm³/mol. The fourth-order valence-electron chi connectivity index (χ4n) is 2.70. The van der Waals surface area contributed by atoms with Crippen LogP contribution in [0.4, 0.5) is 18.0 Å². The van der Waals surface area contributed by atoms with Gasteiger partial charge in [-0.15, -0.1) is 0 Å². The summed E-state index contributed by atoms with van der Waals surface area (Å²) in [6.07, 6.45) is -4.53. The highest BCUT2D eigenvalue weighted by Crippen LogP contribution is 2.30. The van der Waals surface area contributed by atoms with Gasteiger partial charge in [-0.3, -0.25) is 9.59 Å². The monoisotopic (exact) mass is 520 g/mol. The van der Waals surface area contributed by atoms with Gasteiger partial charge in [-0.1, -0.05) is 35.3 Å². The maximum Gasteiger partial charge on any atom is 0.416 e. The molecule has 0 aliphatic carbocycles. The van der Waals surface area contributed by atoms with E-state index in [1.165, 1.54) is 12.1 Å². The van der Waals surface area contributed by atoms with Crippen LogP contribution < -0.4 is 21.7 Å². The number of alkyl halides is 3. The minimum absolute atomic E-state index is 0.0938. The minimum Gasteiger partial charge on any atom is -0.480 e. The van der Waals surface area contributed by atoms with E-state index in [4.69, 9.17) is 34.0 Å². The predicted octanol–water partition coefficient (Wildman–Crippen LogP) is 2.79. The van der Waals surface area contributed by atoms with Crippen LogP contribution in [0.1, 0.15) is 31.8 Å². The highest BCUT2D eigenvalue weighted by molar-refractivity contribution is 6.40. The second-order valence-corrected chi connectivity index (χ2v) is 7.62. The molecule has 0 aromatic heterocycles. The number of primary amides is 1. The van der Waals surface area contributed by atoms with E-state index in [1.807, 2.05) is 5.32 Å². The van der Waals surface area contributed by atoms with Crippen LogP contribution in [0.2, 0.25) is 10.0 Å². The van der Waals surface area contributed by atoms with E-state index in [1.54, 1.807) is 0 Å². The van der Waals surface area contributed by atoms with Gasteiger partial charge in [0.05, 0.1) is 27.7 Å². The molecule has 0 aliphatic rings. The van der Waals surface area contributed by atoms with E-state index >= 15 is 0 Å². The van der Waals surface area contributed by atoms with Gasteiger partial charge < -0.3 is 26.8 Å². The van der Waals surface area contributed by atoms with Crippen LogP contribution >= 0.6 is 23.2 Å². The Bertz CT molecular complexity index is 1100. The maximum atomic E-state index is 12.8. The molecule has 2 aromatic carbocycles. The zero-order valence-corrected chi connectivity index (χ0v) is 18.5. The van der Waals surface area contributed by atoms with Crippen LogP contribution in [-0.4, -0.2) is 41.5 Å². The fourth-order valence-corrected chi connectivity index (χ4v) is 3.36. The average molecular weight is 521 g/mol. The van der Waals surface area contributed by atoms with Crippen molar-refractivity contribution in [2.24, 2.45) is 5.73 Å². The van der Waals surface area contributed by atoms with Gasteiger partial charge in [0.2, 0.25) is 0 Å². The molecule has 34 heavy (non-hydrogen) atoms. The van der Waals surface area contributed by atoms with Crippen molar-refractivity contribution >= 4 is 47.0 Å². The second kappa shape index (κ2) is 11.1. The van der Waals surface area contributed by atoms with Crippen molar-refractivity contribution in [3.63, 3.8) is 0 Å². The average Bonchev–Trinajstić information content (AvgIpc) is 2.73. The summed E-state index contributed by atoms with van der Waals surface area (Å²) in [7, 11) is 0. The SMILES string of the molecule is NC(=O)NC[C@H](NC(=O)c1c(Cl)cc(C(=O)NCc2cccc(C(F)(F)F)c2)cc1Cl)C(=O)O. The third kappa shape index (κ3) is 7.25. The van der Waals surface area contributed by atoms with E-state index in [-0.39, 0.29) is 33.3 Å². The summed E-state index contributed by atoms with van der Waals surface area (Å²) in [4.78, 5) is 46.9. The largest absolute Gasteiger partial charge is 0.480 e. The fraction of sp³-hybridized carbons (Fsp3) is 0.200. The van der Waals surface area contributed by atoms with Gasteiger partial charge in [0.15, 0.2) is 0 Å². The van der Waals surface area contributed by atoms with Gasteiger partial charge in [0.25, 0.3) is 11.8 Å². The zero-order valence-electron chi connectivity index (χ0n) is 17.0. The Morgan fingerprint density at radius 1 is 1.00 bits per heavy atom. The van der Waals surface area contributed by atoms with Crippen LogP contribution in [0.25, 0.3) is 0 Å². The number of carbonyl (C=O) groups is 4. The van der Waals surface area contributed by atoms with Crippen LogP contribution in [0, 0.1) is 0 Å². The van der Waals surface area contributed by atoms with Crippen LogP contribution in [-0.2, 0) is 17.5 Å². The quantitative estimate of drug-likeness (QED) is 0.362. The van der Waals surface area contributed by atoms with Gasteiger partial charge in [-0.25, -0.2) is 9.59 Å². The van der Waals surface area contributed by atoms with E-state index in [9.17, 15) is 32.3 Å². The summed E-state index contributed by atoms with van der Waals surface area (Å²) in [6, 6.07) is 4.00. The number of urea groups is 1. The Balaban J connectivity index is 2.13. The molecular formula is C20H17Cl2F3N4O5. The van der Waals surface area contributed by atoms with E-state index in [2.05, 4.69) is 10.6 Å². The summed E-state index contributed by atoms with van der Waals surface area (Å²) in [5.41, 5.74) is 3.78. The maximum absolute atomic E-state index is 12.8. The Morgan fingerprint density at radius 3 is 2.15 bits per heavy atom. The van der Waals surface area contributed by atoms with Gasteiger partial charge in [0.1, 0.15) is 6.04 Å². The van der Waals surface area contributed by atoms with Gasteiger partial charge in [-0.05, 0) is 29.8 Å². The van der Waals surface area contributed by atoms with Crippen LogP contribution in [0.15, 0.2) is 36.4 Å². The lowest BCUT2D eigenvalue weighted by molar-refractivity contribution is -0.139. The first kappa shape index (κ1) is 26.7. The molecule has 0 saturated heterocycles. The number of hydrogen-bond acceptors (Lipinski definition) is 4. The summed E-state index contributed by atoms with van der Waals surface area (Å²) in [5, 5.41) is 15.2. The first-order chi connectivity index (χ1) is 15.8. The Morgan fingerprint density at radius 2 is 1.62 bits per heavy atom. The topological polar surface area (TPSA) is 151 Å². The molecular weight excluding hydrogens is 504 g/mol. The van der Waals surface area contributed by atoms with Crippen molar-refractivity contribution in [1.29, 1.82) is 0 Å². The molecule has 0 fully saturated rings. The molecule has 6 N–H and O–H groups in total. The van der Waals surface area contributed by atoms with Gasteiger partial charge in [0, 0.05) is 12.1 Å². The van der Waals surface area contributed by atoms with E-state index < -0.39 is 48.1 Å². The molecule has 0 radical (unpaired) electrons. The zero-order chi connectivity index (χ0) is 25.6. The van der Waals surface area contributed by atoms with Crippen molar-refractivity contribution in [3.8, 4) is 0 Å². The number of halogens is 5. The Hall–Kier alpha value is -3.51. The number of carboxylic acid groups (broad SMARTS) is 1. The highest BCUT2D eigenvalue weighted by Gasteiger charge is 2.30. The normalized spacial score (nSPS) is 11.9. The molecule has 2 rings (SSSR count). The molecule has 0 spiro atoms. The van der Waals surface area contributed by atoms with Crippen molar-refractivity contribution in [2.45, 2.75) is 18.8 Å². The number of aliphatic carboxylic acids is 1. The molecule has 0 unspecified atom stereocenters. The van der Waals surface area contributed by atoms with Crippen molar-refractivity contribution < 1.29 is 37.5 Å². The number of amides is 4. The van der Waals surface area contributed by atoms with Crippen LogP contribution in [0.5, 0.6) is 0 Å². The number of nitrogens with two attached hydrogens (primary N) is 1. The number of hydrogen-bond donors (Lipinski definition) is 5. The summed E-state index contributed by atoms with van der Waals surface area (Å²) in [5.74, 6) is -3.20.